The summed E-state index contributed by atoms with van der Waals surface area (Å²) >= 11 is 0. The summed E-state index contributed by atoms with van der Waals surface area (Å²) in [6, 6.07) is 9.72. The Bertz CT molecular complexity index is 1310. The van der Waals surface area contributed by atoms with Gasteiger partial charge in [0, 0.05) is 50.6 Å². The van der Waals surface area contributed by atoms with Crippen molar-refractivity contribution in [1.29, 1.82) is 0 Å². The topological polar surface area (TPSA) is 92.7 Å². The number of benzene rings is 1. The molecule has 7 rings (SSSR count). The van der Waals surface area contributed by atoms with Crippen LogP contribution in [-0.2, 0) is 9.47 Å². The van der Waals surface area contributed by atoms with E-state index < -0.39 is 0 Å². The maximum atomic E-state index is 12.3. The van der Waals surface area contributed by atoms with E-state index in [-0.39, 0.29) is 30.3 Å². The van der Waals surface area contributed by atoms with E-state index >= 15 is 0 Å². The molecule has 9 nitrogen and oxygen atoms in total. The Hall–Kier alpha value is -3.30. The number of ether oxygens (including phenoxy) is 2. The summed E-state index contributed by atoms with van der Waals surface area (Å²) in [4.78, 5) is 31.7. The van der Waals surface area contributed by atoms with Gasteiger partial charge in [-0.3, -0.25) is 4.79 Å². The molecule has 2 aromatic heterocycles. The molecule has 4 aliphatic rings. The summed E-state index contributed by atoms with van der Waals surface area (Å²) in [6.45, 7) is 3.33. The van der Waals surface area contributed by atoms with Gasteiger partial charge in [-0.1, -0.05) is 12.1 Å². The van der Waals surface area contributed by atoms with Crippen LogP contribution in [0.1, 0.15) is 36.0 Å². The number of nitrogens with zero attached hydrogens (tertiary/aromatic N) is 5. The normalized spacial score (nSPS) is 27.0. The van der Waals surface area contributed by atoms with Crippen molar-refractivity contribution in [2.45, 2.75) is 50.1 Å². The molecule has 6 heterocycles. The molecule has 4 unspecified atom stereocenters. The van der Waals surface area contributed by atoms with Crippen LogP contribution in [0.3, 0.4) is 0 Å². The lowest BCUT2D eigenvalue weighted by molar-refractivity contribution is 0.0299. The van der Waals surface area contributed by atoms with E-state index in [4.69, 9.17) is 24.4 Å². The first-order valence-corrected chi connectivity index (χ1v) is 12.9. The van der Waals surface area contributed by atoms with Gasteiger partial charge in [-0.15, -0.1) is 0 Å². The maximum absolute atomic E-state index is 12.3. The lowest BCUT2D eigenvalue weighted by Crippen LogP contribution is -2.43. The fourth-order valence-corrected chi connectivity index (χ4v) is 6.10. The number of carbonyl (C=O) groups is 1. The highest BCUT2D eigenvalue weighted by Crippen LogP contribution is 2.36. The number of aromatic nitrogens is 3. The third-order valence-corrected chi connectivity index (χ3v) is 7.89. The quantitative estimate of drug-likeness (QED) is 0.602. The van der Waals surface area contributed by atoms with E-state index in [1.165, 1.54) is 0 Å². The fraction of sp³-hybridized carbons (Fsp3) is 0.481. The van der Waals surface area contributed by atoms with Crippen LogP contribution in [0, 0.1) is 0 Å². The lowest BCUT2D eigenvalue weighted by atomic mass is 10.1. The van der Waals surface area contributed by atoms with Crippen LogP contribution in [0.25, 0.3) is 22.3 Å². The van der Waals surface area contributed by atoms with Gasteiger partial charge in [0.1, 0.15) is 0 Å². The smallest absolute Gasteiger partial charge is 0.251 e. The summed E-state index contributed by atoms with van der Waals surface area (Å²) in [5.41, 5.74) is 4.05. The highest BCUT2D eigenvalue weighted by molar-refractivity contribution is 5.96. The van der Waals surface area contributed by atoms with Gasteiger partial charge >= 0.3 is 0 Å². The van der Waals surface area contributed by atoms with E-state index in [9.17, 15) is 4.79 Å². The Labute approximate surface area is 209 Å². The van der Waals surface area contributed by atoms with Crippen LogP contribution >= 0.6 is 0 Å². The molecule has 186 valence electrons. The van der Waals surface area contributed by atoms with Crippen LogP contribution in [0.5, 0.6) is 0 Å². The Kier molecular flexibility index (Phi) is 5.28. The predicted octanol–water partition coefficient (Wildman–Crippen LogP) is 2.79. The molecule has 0 aliphatic carbocycles. The first-order chi connectivity index (χ1) is 17.6. The van der Waals surface area contributed by atoms with Crippen molar-refractivity contribution in [1.82, 2.24) is 20.3 Å². The molecule has 4 atom stereocenters. The maximum Gasteiger partial charge on any atom is 0.251 e. The molecule has 3 aromatic rings. The van der Waals surface area contributed by atoms with Gasteiger partial charge < -0.3 is 24.6 Å². The van der Waals surface area contributed by atoms with Gasteiger partial charge in [0.25, 0.3) is 5.91 Å². The molecule has 4 aliphatic heterocycles. The van der Waals surface area contributed by atoms with Crippen molar-refractivity contribution < 1.29 is 14.3 Å². The SMILES string of the molecule is CNC(=O)c1cccc(-c2cc(N3CC4CCC(C3)O4)c3cnc(N4CC5CCC(C4)O5)nc3n2)c1. The van der Waals surface area contributed by atoms with Gasteiger partial charge in [0.05, 0.1) is 41.2 Å². The van der Waals surface area contributed by atoms with Gasteiger partial charge in [-0.2, -0.15) is 4.98 Å². The van der Waals surface area contributed by atoms with E-state index in [0.29, 0.717) is 17.2 Å². The Balaban J connectivity index is 1.33. The molecular formula is C27H30N6O3. The molecule has 1 amide bonds. The van der Waals surface area contributed by atoms with Crippen molar-refractivity contribution in [3.8, 4) is 11.3 Å². The standard InChI is InChI=1S/C27H30N6O3/c1-28-26(34)17-4-2-3-16(9-17)23-10-24(32-12-18-5-6-19(13-32)35-18)22-11-29-27(31-25(22)30-23)33-14-20-7-8-21(15-33)36-20/h2-4,9-11,18-21H,5-8,12-15H2,1H3,(H,28,34). The van der Waals surface area contributed by atoms with E-state index in [1.807, 2.05) is 30.5 Å². The van der Waals surface area contributed by atoms with Crippen molar-refractivity contribution in [3.05, 3.63) is 42.1 Å². The molecule has 4 fully saturated rings. The minimum absolute atomic E-state index is 0.117. The van der Waals surface area contributed by atoms with Crippen molar-refractivity contribution in [2.24, 2.45) is 0 Å². The number of hydrogen-bond donors (Lipinski definition) is 1. The van der Waals surface area contributed by atoms with Gasteiger partial charge in [-0.05, 0) is 43.9 Å². The molecule has 1 N–H and O–H groups in total. The van der Waals surface area contributed by atoms with E-state index in [1.54, 1.807) is 7.05 Å². The Morgan fingerprint density at radius 3 is 2.25 bits per heavy atom. The molecule has 4 saturated heterocycles. The number of carbonyl (C=O) groups excluding carboxylic acids is 1. The largest absolute Gasteiger partial charge is 0.371 e. The average Bonchev–Trinajstić information content (AvgIpc) is 3.45. The average molecular weight is 487 g/mol. The van der Waals surface area contributed by atoms with Crippen molar-refractivity contribution >= 4 is 28.6 Å². The van der Waals surface area contributed by atoms with Crippen molar-refractivity contribution in [2.75, 3.05) is 43.0 Å². The molecule has 4 bridgehead atoms. The molecule has 0 radical (unpaired) electrons. The summed E-state index contributed by atoms with van der Waals surface area (Å²) < 4.78 is 12.1. The van der Waals surface area contributed by atoms with Crippen LogP contribution < -0.4 is 15.1 Å². The zero-order valence-electron chi connectivity index (χ0n) is 20.4. The van der Waals surface area contributed by atoms with Crippen LogP contribution in [-0.4, -0.2) is 78.5 Å². The predicted molar refractivity (Wildman–Crippen MR) is 136 cm³/mol. The second-order valence-corrected chi connectivity index (χ2v) is 10.3. The number of morpholine rings is 2. The van der Waals surface area contributed by atoms with Crippen LogP contribution in [0.4, 0.5) is 11.6 Å². The van der Waals surface area contributed by atoms with Crippen LogP contribution in [0.15, 0.2) is 36.5 Å². The summed E-state index contributed by atoms with van der Waals surface area (Å²) in [7, 11) is 1.64. The number of fused-ring (bicyclic) bond motifs is 5. The molecule has 0 spiro atoms. The molecular weight excluding hydrogens is 456 g/mol. The summed E-state index contributed by atoms with van der Waals surface area (Å²) in [5, 5.41) is 3.65. The summed E-state index contributed by atoms with van der Waals surface area (Å²) in [5.74, 6) is 0.591. The number of pyridine rings is 1. The zero-order valence-corrected chi connectivity index (χ0v) is 20.4. The molecule has 1 aromatic carbocycles. The van der Waals surface area contributed by atoms with E-state index in [0.717, 1.165) is 74.2 Å². The molecule has 36 heavy (non-hydrogen) atoms. The zero-order chi connectivity index (χ0) is 24.2. The number of hydrogen-bond acceptors (Lipinski definition) is 8. The van der Waals surface area contributed by atoms with Crippen LogP contribution in [0.2, 0.25) is 0 Å². The van der Waals surface area contributed by atoms with Gasteiger partial charge in [0.2, 0.25) is 5.95 Å². The van der Waals surface area contributed by atoms with Crippen molar-refractivity contribution in [3.63, 3.8) is 0 Å². The minimum Gasteiger partial charge on any atom is -0.371 e. The lowest BCUT2D eigenvalue weighted by Gasteiger charge is -2.35. The number of amides is 1. The van der Waals surface area contributed by atoms with Gasteiger partial charge in [0.15, 0.2) is 5.65 Å². The highest BCUT2D eigenvalue weighted by Gasteiger charge is 2.36. The summed E-state index contributed by atoms with van der Waals surface area (Å²) in [6.07, 6.45) is 7.37. The third-order valence-electron chi connectivity index (χ3n) is 7.89. The molecule has 0 saturated carbocycles. The number of nitrogens with one attached hydrogen (secondary N) is 1. The third kappa shape index (κ3) is 3.87. The Morgan fingerprint density at radius 2 is 1.58 bits per heavy atom. The van der Waals surface area contributed by atoms with Gasteiger partial charge in [-0.25, -0.2) is 9.97 Å². The first kappa shape index (κ1) is 21.9. The molecule has 9 heteroatoms. The fourth-order valence-electron chi connectivity index (χ4n) is 6.10. The number of anilines is 2. The Morgan fingerprint density at radius 1 is 0.917 bits per heavy atom. The highest BCUT2D eigenvalue weighted by atomic mass is 16.5. The van der Waals surface area contributed by atoms with E-state index in [2.05, 4.69) is 21.2 Å². The second kappa shape index (κ2) is 8.67. The monoisotopic (exact) mass is 486 g/mol. The number of rotatable bonds is 4. The second-order valence-electron chi connectivity index (χ2n) is 10.3. The minimum atomic E-state index is -0.117. The first-order valence-electron chi connectivity index (χ1n) is 12.9.